The Morgan fingerprint density at radius 2 is 1.47 bits per heavy atom. The average molecular weight is 468 g/mol. The highest BCUT2D eigenvalue weighted by atomic mass is 32.2. The van der Waals surface area contributed by atoms with Crippen LogP contribution in [0.1, 0.15) is 44.0 Å². The smallest absolute Gasteiger partial charge is 0.339 e. The molecule has 0 heterocycles. The number of esters is 1. The van der Waals surface area contributed by atoms with Gasteiger partial charge in [-0.15, -0.1) is 6.42 Å². The molecule has 0 saturated heterocycles. The average Bonchev–Trinajstić information content (AvgIpc) is 3.13. The molecule has 0 aliphatic heterocycles. The first-order valence-electron chi connectivity index (χ1n) is 11.6. The molecule has 1 saturated carbocycles. The van der Waals surface area contributed by atoms with Crippen molar-refractivity contribution in [1.82, 2.24) is 0 Å². The second kappa shape index (κ2) is 9.57. The van der Waals surface area contributed by atoms with E-state index in [-0.39, 0.29) is 22.2 Å². The Kier molecular flexibility index (Phi) is 6.73. The SMILES string of the molecule is C#CC(C)(OC(=O)c1ccc([S+](c2ccccc2)c2ccccc2)cc1)C1C(=C)CCC1(C)C. The largest absolute Gasteiger partial charge is 0.442 e. The van der Waals surface area contributed by atoms with Crippen LogP contribution >= 0.6 is 0 Å². The van der Waals surface area contributed by atoms with Gasteiger partial charge in [0, 0.05) is 5.92 Å². The van der Waals surface area contributed by atoms with Crippen LogP contribution in [0.25, 0.3) is 0 Å². The molecule has 0 radical (unpaired) electrons. The first-order chi connectivity index (χ1) is 16.2. The van der Waals surface area contributed by atoms with E-state index in [1.807, 2.05) is 43.3 Å². The summed E-state index contributed by atoms with van der Waals surface area (Å²) < 4.78 is 6.00. The fraction of sp³-hybridized carbons (Fsp3) is 0.258. The van der Waals surface area contributed by atoms with Gasteiger partial charge in [0.1, 0.15) is 0 Å². The molecule has 0 spiro atoms. The molecule has 3 aromatic rings. The topological polar surface area (TPSA) is 26.3 Å². The molecule has 0 aromatic heterocycles. The van der Waals surface area contributed by atoms with E-state index in [1.54, 1.807) is 0 Å². The highest BCUT2D eigenvalue weighted by molar-refractivity contribution is 7.97. The molecule has 2 nitrogen and oxygen atoms in total. The number of benzene rings is 3. The lowest BCUT2D eigenvalue weighted by molar-refractivity contribution is -0.0208. The normalized spacial score (nSPS) is 18.8. The molecule has 172 valence electrons. The van der Waals surface area contributed by atoms with Gasteiger partial charge in [-0.3, -0.25) is 0 Å². The minimum atomic E-state index is -1.04. The van der Waals surface area contributed by atoms with E-state index in [1.165, 1.54) is 9.79 Å². The number of carbonyl (C=O) groups is 1. The summed E-state index contributed by atoms with van der Waals surface area (Å²) >= 11 is 0. The summed E-state index contributed by atoms with van der Waals surface area (Å²) in [4.78, 5) is 16.8. The second-order valence-electron chi connectivity index (χ2n) is 9.68. The van der Waals surface area contributed by atoms with Crippen molar-refractivity contribution < 1.29 is 9.53 Å². The third-order valence-electron chi connectivity index (χ3n) is 6.71. The molecule has 4 rings (SSSR count). The van der Waals surface area contributed by atoms with Crippen molar-refractivity contribution in [2.75, 3.05) is 0 Å². The molecular weight excluding hydrogens is 436 g/mol. The molecule has 0 bridgehead atoms. The maximum atomic E-state index is 13.2. The summed E-state index contributed by atoms with van der Waals surface area (Å²) in [5.74, 6) is 2.30. The fourth-order valence-corrected chi connectivity index (χ4v) is 7.21. The predicted octanol–water partition coefficient (Wildman–Crippen LogP) is 7.32. The van der Waals surface area contributed by atoms with Crippen LogP contribution in [0.15, 0.2) is 112 Å². The van der Waals surface area contributed by atoms with Crippen LogP contribution in [0.2, 0.25) is 0 Å². The van der Waals surface area contributed by atoms with Crippen molar-refractivity contribution >= 4 is 16.9 Å². The van der Waals surface area contributed by atoms with E-state index in [4.69, 9.17) is 11.2 Å². The molecule has 2 atom stereocenters. The summed E-state index contributed by atoms with van der Waals surface area (Å²) in [5, 5.41) is 0. The molecular formula is C31H31O2S+. The summed E-state index contributed by atoms with van der Waals surface area (Å²) in [5.41, 5.74) is 0.451. The van der Waals surface area contributed by atoms with Crippen LogP contribution < -0.4 is 0 Å². The maximum absolute atomic E-state index is 13.2. The zero-order chi connectivity index (χ0) is 24.3. The minimum Gasteiger partial charge on any atom is -0.442 e. The third kappa shape index (κ3) is 4.69. The lowest BCUT2D eigenvalue weighted by atomic mass is 9.71. The zero-order valence-electron chi connectivity index (χ0n) is 20.1. The Bertz CT molecular complexity index is 1170. The molecule has 34 heavy (non-hydrogen) atoms. The van der Waals surface area contributed by atoms with Gasteiger partial charge < -0.3 is 4.74 Å². The van der Waals surface area contributed by atoms with Gasteiger partial charge in [0.2, 0.25) is 0 Å². The Labute approximate surface area is 206 Å². The predicted molar refractivity (Wildman–Crippen MR) is 140 cm³/mol. The third-order valence-corrected chi connectivity index (χ3v) is 8.94. The Balaban J connectivity index is 1.61. The van der Waals surface area contributed by atoms with Crippen LogP contribution in [-0.2, 0) is 15.6 Å². The van der Waals surface area contributed by atoms with Crippen LogP contribution in [0.3, 0.4) is 0 Å². The van der Waals surface area contributed by atoms with E-state index in [2.05, 4.69) is 74.9 Å². The van der Waals surface area contributed by atoms with Crippen molar-refractivity contribution in [2.45, 2.75) is 53.9 Å². The fourth-order valence-electron chi connectivity index (χ4n) is 5.13. The van der Waals surface area contributed by atoms with Crippen LogP contribution in [0, 0.1) is 23.7 Å². The second-order valence-corrected chi connectivity index (χ2v) is 11.7. The molecule has 0 amide bonds. The minimum absolute atomic E-state index is 0.0674. The Hall–Kier alpha value is -3.22. The summed E-state index contributed by atoms with van der Waals surface area (Å²) in [6.07, 6.45) is 7.81. The first kappa shape index (κ1) is 23.9. The number of rotatable bonds is 6. The number of ether oxygens (including phenoxy) is 1. The molecule has 1 aliphatic rings. The van der Waals surface area contributed by atoms with Crippen LogP contribution in [0.5, 0.6) is 0 Å². The van der Waals surface area contributed by atoms with Gasteiger partial charge in [-0.05, 0) is 73.7 Å². The van der Waals surface area contributed by atoms with Crippen molar-refractivity contribution in [2.24, 2.45) is 11.3 Å². The van der Waals surface area contributed by atoms with Gasteiger partial charge >= 0.3 is 5.97 Å². The quantitative estimate of drug-likeness (QED) is 0.164. The Morgan fingerprint density at radius 1 is 0.971 bits per heavy atom. The van der Waals surface area contributed by atoms with E-state index >= 15 is 0 Å². The summed E-state index contributed by atoms with van der Waals surface area (Å²) in [6, 6.07) is 28.6. The molecule has 0 N–H and O–H groups in total. The first-order valence-corrected chi connectivity index (χ1v) is 12.8. The Morgan fingerprint density at radius 3 is 1.91 bits per heavy atom. The van der Waals surface area contributed by atoms with Crippen molar-refractivity contribution in [3.05, 3.63) is 103 Å². The van der Waals surface area contributed by atoms with Gasteiger partial charge in [-0.25, -0.2) is 4.79 Å². The molecule has 1 aliphatic carbocycles. The highest BCUT2D eigenvalue weighted by Gasteiger charge is 2.50. The van der Waals surface area contributed by atoms with Crippen molar-refractivity contribution in [3.63, 3.8) is 0 Å². The van der Waals surface area contributed by atoms with Gasteiger partial charge in [-0.2, -0.15) is 0 Å². The standard InChI is InChI=1S/C31H31O2S/c1-6-31(5,28-23(2)21-22-30(28,3)4)33-29(32)24-17-19-27(20-18-24)34(25-13-9-7-10-14-25)26-15-11-8-12-16-26/h1,7-20,28H,2,21-22H2,3-5H3/q+1. The van der Waals surface area contributed by atoms with Gasteiger partial charge in [0.25, 0.3) is 0 Å². The van der Waals surface area contributed by atoms with Gasteiger partial charge in [0.15, 0.2) is 20.3 Å². The molecule has 2 unspecified atom stereocenters. The number of carbonyl (C=O) groups excluding carboxylic acids is 1. The van der Waals surface area contributed by atoms with E-state index in [9.17, 15) is 4.79 Å². The van der Waals surface area contributed by atoms with Crippen LogP contribution in [0.4, 0.5) is 0 Å². The summed E-state index contributed by atoms with van der Waals surface area (Å²) in [6.45, 7) is 10.4. The lowest BCUT2D eigenvalue weighted by Gasteiger charge is -2.39. The maximum Gasteiger partial charge on any atom is 0.339 e. The van der Waals surface area contributed by atoms with E-state index in [0.29, 0.717) is 5.56 Å². The highest BCUT2D eigenvalue weighted by Crippen LogP contribution is 2.51. The monoisotopic (exact) mass is 467 g/mol. The van der Waals surface area contributed by atoms with Crippen LogP contribution in [-0.4, -0.2) is 11.6 Å². The van der Waals surface area contributed by atoms with E-state index in [0.717, 1.165) is 23.3 Å². The summed E-state index contributed by atoms with van der Waals surface area (Å²) in [7, 11) is -0.270. The lowest BCUT2D eigenvalue weighted by Crippen LogP contribution is -2.43. The zero-order valence-corrected chi connectivity index (χ0v) is 20.9. The molecule has 1 fully saturated rings. The number of terminal acetylenes is 1. The van der Waals surface area contributed by atoms with E-state index < -0.39 is 11.6 Å². The van der Waals surface area contributed by atoms with Crippen molar-refractivity contribution in [3.8, 4) is 12.3 Å². The van der Waals surface area contributed by atoms with Crippen molar-refractivity contribution in [1.29, 1.82) is 0 Å². The molecule has 3 aromatic carbocycles. The number of hydrogen-bond acceptors (Lipinski definition) is 2. The number of hydrogen-bond donors (Lipinski definition) is 0. The molecule has 3 heteroatoms. The van der Waals surface area contributed by atoms with Gasteiger partial charge in [-0.1, -0.05) is 68.3 Å². The van der Waals surface area contributed by atoms with Gasteiger partial charge in [0.05, 0.1) is 16.5 Å².